The summed E-state index contributed by atoms with van der Waals surface area (Å²) in [6.45, 7) is 2.42. The van der Waals surface area contributed by atoms with E-state index in [9.17, 15) is 0 Å². The Labute approximate surface area is 140 Å². The fraction of sp³-hybridized carbons (Fsp3) is 0.222. The van der Waals surface area contributed by atoms with Crippen LogP contribution in [0.3, 0.4) is 0 Å². The summed E-state index contributed by atoms with van der Waals surface area (Å²) in [4.78, 5) is 0. The molecule has 0 aliphatic rings. The Hall–Kier alpha value is -3.02. The van der Waals surface area contributed by atoms with E-state index in [1.54, 1.807) is 14.2 Å². The molecule has 6 nitrogen and oxygen atoms in total. The lowest BCUT2D eigenvalue weighted by Crippen LogP contribution is -2.02. The third-order valence-corrected chi connectivity index (χ3v) is 3.57. The molecule has 0 saturated heterocycles. The van der Waals surface area contributed by atoms with Gasteiger partial charge in [0, 0.05) is 11.6 Å². The van der Waals surface area contributed by atoms with E-state index < -0.39 is 0 Å². The first-order valence-corrected chi connectivity index (χ1v) is 7.55. The predicted octanol–water partition coefficient (Wildman–Crippen LogP) is 3.67. The molecule has 0 saturated carbocycles. The minimum atomic E-state index is 0.391. The van der Waals surface area contributed by atoms with Crippen LogP contribution in [0.4, 0.5) is 5.69 Å². The zero-order chi connectivity index (χ0) is 16.9. The highest BCUT2D eigenvalue weighted by Gasteiger charge is 2.10. The van der Waals surface area contributed by atoms with Crippen molar-refractivity contribution in [1.82, 2.24) is 10.2 Å². The van der Waals surface area contributed by atoms with E-state index in [0.717, 1.165) is 22.6 Å². The highest BCUT2D eigenvalue weighted by molar-refractivity contribution is 5.59. The largest absolute Gasteiger partial charge is 0.497 e. The molecule has 1 heterocycles. The number of nitrogens with one attached hydrogen (secondary N) is 1. The second-order valence-corrected chi connectivity index (χ2v) is 5.29. The van der Waals surface area contributed by atoms with Crippen LogP contribution < -0.4 is 14.8 Å². The van der Waals surface area contributed by atoms with Gasteiger partial charge in [-0.2, -0.15) is 0 Å². The Morgan fingerprint density at radius 3 is 2.67 bits per heavy atom. The number of rotatable bonds is 6. The first kappa shape index (κ1) is 15.9. The lowest BCUT2D eigenvalue weighted by Gasteiger charge is -2.11. The molecule has 0 aliphatic heterocycles. The van der Waals surface area contributed by atoms with Crippen LogP contribution in [0.2, 0.25) is 0 Å². The molecule has 2 aromatic carbocycles. The number of hydrogen-bond donors (Lipinski definition) is 1. The first-order chi connectivity index (χ1) is 11.7. The molecule has 0 aliphatic carbocycles. The summed E-state index contributed by atoms with van der Waals surface area (Å²) < 4.78 is 16.3. The van der Waals surface area contributed by atoms with Gasteiger partial charge in [-0.05, 0) is 31.2 Å². The van der Waals surface area contributed by atoms with E-state index in [1.807, 2.05) is 49.4 Å². The number of benzene rings is 2. The van der Waals surface area contributed by atoms with Gasteiger partial charge >= 0.3 is 0 Å². The van der Waals surface area contributed by atoms with Gasteiger partial charge < -0.3 is 19.2 Å². The van der Waals surface area contributed by atoms with Gasteiger partial charge in [0.2, 0.25) is 11.8 Å². The van der Waals surface area contributed by atoms with Crippen molar-refractivity contribution in [2.24, 2.45) is 0 Å². The van der Waals surface area contributed by atoms with Crippen LogP contribution >= 0.6 is 0 Å². The van der Waals surface area contributed by atoms with Gasteiger partial charge in [-0.15, -0.1) is 10.2 Å². The van der Waals surface area contributed by atoms with Gasteiger partial charge in [0.05, 0.1) is 26.5 Å². The maximum absolute atomic E-state index is 5.72. The molecule has 0 unspecified atom stereocenters. The number of hydrogen-bond acceptors (Lipinski definition) is 6. The number of nitrogens with zero attached hydrogens (tertiary/aromatic N) is 2. The number of anilines is 1. The fourth-order valence-electron chi connectivity index (χ4n) is 2.34. The van der Waals surface area contributed by atoms with E-state index in [2.05, 4.69) is 15.5 Å². The second-order valence-electron chi connectivity index (χ2n) is 5.29. The number of aryl methyl sites for hydroxylation is 1. The summed E-state index contributed by atoms with van der Waals surface area (Å²) in [5.41, 5.74) is 2.85. The molecule has 0 spiro atoms. The fourth-order valence-corrected chi connectivity index (χ4v) is 2.34. The average Bonchev–Trinajstić information content (AvgIpc) is 3.08. The Balaban J connectivity index is 1.74. The smallest absolute Gasteiger partial charge is 0.247 e. The van der Waals surface area contributed by atoms with Crippen LogP contribution in [0.5, 0.6) is 11.5 Å². The van der Waals surface area contributed by atoms with Gasteiger partial charge in [0.15, 0.2) is 0 Å². The van der Waals surface area contributed by atoms with Gasteiger partial charge in [-0.1, -0.05) is 17.7 Å². The summed E-state index contributed by atoms with van der Waals surface area (Å²) in [6, 6.07) is 13.5. The van der Waals surface area contributed by atoms with E-state index >= 15 is 0 Å². The normalized spacial score (nSPS) is 10.5. The van der Waals surface area contributed by atoms with Crippen LogP contribution in [0.15, 0.2) is 46.9 Å². The molecule has 3 rings (SSSR count). The molecule has 0 fully saturated rings. The number of aromatic nitrogens is 2. The van der Waals surface area contributed by atoms with Gasteiger partial charge in [-0.3, -0.25) is 0 Å². The van der Waals surface area contributed by atoms with E-state index in [1.165, 1.54) is 0 Å². The maximum Gasteiger partial charge on any atom is 0.247 e. The topological polar surface area (TPSA) is 69.4 Å². The monoisotopic (exact) mass is 325 g/mol. The van der Waals surface area contributed by atoms with Crippen LogP contribution in [-0.2, 0) is 6.54 Å². The van der Waals surface area contributed by atoms with Crippen molar-refractivity contribution in [3.63, 3.8) is 0 Å². The van der Waals surface area contributed by atoms with Crippen LogP contribution in [0, 0.1) is 6.92 Å². The van der Waals surface area contributed by atoms with Gasteiger partial charge in [-0.25, -0.2) is 0 Å². The van der Waals surface area contributed by atoms with Crippen molar-refractivity contribution in [3.05, 3.63) is 53.9 Å². The standard InChI is InChI=1S/C18H19N3O3/c1-12-5-4-6-13(9-12)18-21-20-17(24-18)11-19-15-10-14(22-2)7-8-16(15)23-3/h4-10,19H,11H2,1-3H3. The third-order valence-electron chi connectivity index (χ3n) is 3.57. The van der Waals surface area contributed by atoms with Crippen molar-refractivity contribution in [2.45, 2.75) is 13.5 Å². The summed E-state index contributed by atoms with van der Waals surface area (Å²) in [5, 5.41) is 11.4. The molecule has 0 radical (unpaired) electrons. The van der Waals surface area contributed by atoms with Crippen LogP contribution in [0.1, 0.15) is 11.5 Å². The second kappa shape index (κ2) is 7.04. The van der Waals surface area contributed by atoms with E-state index in [-0.39, 0.29) is 0 Å². The van der Waals surface area contributed by atoms with Crippen molar-refractivity contribution in [1.29, 1.82) is 0 Å². The van der Waals surface area contributed by atoms with E-state index in [0.29, 0.717) is 24.1 Å². The van der Waals surface area contributed by atoms with Crippen molar-refractivity contribution in [3.8, 4) is 23.0 Å². The summed E-state index contributed by atoms with van der Waals surface area (Å²) >= 11 is 0. The Kier molecular flexibility index (Phi) is 4.65. The van der Waals surface area contributed by atoms with Crippen molar-refractivity contribution < 1.29 is 13.9 Å². The molecular formula is C18H19N3O3. The highest BCUT2D eigenvalue weighted by Crippen LogP contribution is 2.29. The minimum absolute atomic E-state index is 0.391. The van der Waals surface area contributed by atoms with Crippen LogP contribution in [0.25, 0.3) is 11.5 Å². The molecule has 0 atom stereocenters. The average molecular weight is 325 g/mol. The molecule has 0 bridgehead atoms. The SMILES string of the molecule is COc1ccc(OC)c(NCc2nnc(-c3cccc(C)c3)o2)c1. The zero-order valence-electron chi connectivity index (χ0n) is 13.9. The summed E-state index contributed by atoms with van der Waals surface area (Å²) in [6.07, 6.45) is 0. The summed E-state index contributed by atoms with van der Waals surface area (Å²) in [5.74, 6) is 2.46. The molecular weight excluding hydrogens is 306 g/mol. The van der Waals surface area contributed by atoms with E-state index in [4.69, 9.17) is 13.9 Å². The maximum atomic E-state index is 5.72. The summed E-state index contributed by atoms with van der Waals surface area (Å²) in [7, 11) is 3.24. The zero-order valence-corrected chi connectivity index (χ0v) is 13.9. The molecule has 3 aromatic rings. The Morgan fingerprint density at radius 2 is 1.92 bits per heavy atom. The molecule has 1 N–H and O–H groups in total. The molecule has 24 heavy (non-hydrogen) atoms. The number of ether oxygens (including phenoxy) is 2. The lowest BCUT2D eigenvalue weighted by atomic mass is 10.1. The Morgan fingerprint density at radius 1 is 1.04 bits per heavy atom. The molecule has 0 amide bonds. The molecule has 1 aromatic heterocycles. The number of methoxy groups -OCH3 is 2. The van der Waals surface area contributed by atoms with Gasteiger partial charge in [0.25, 0.3) is 0 Å². The van der Waals surface area contributed by atoms with Gasteiger partial charge in [0.1, 0.15) is 11.5 Å². The lowest BCUT2D eigenvalue weighted by molar-refractivity contribution is 0.404. The van der Waals surface area contributed by atoms with Crippen LogP contribution in [-0.4, -0.2) is 24.4 Å². The molecule has 124 valence electrons. The minimum Gasteiger partial charge on any atom is -0.497 e. The first-order valence-electron chi connectivity index (χ1n) is 7.55. The van der Waals surface area contributed by atoms with Crippen molar-refractivity contribution in [2.75, 3.05) is 19.5 Å². The quantitative estimate of drug-likeness (QED) is 0.745. The Bertz CT molecular complexity index is 830. The van der Waals surface area contributed by atoms with Crippen molar-refractivity contribution >= 4 is 5.69 Å². The third kappa shape index (κ3) is 3.48. The highest BCUT2D eigenvalue weighted by atomic mass is 16.5. The predicted molar refractivity (Wildman–Crippen MR) is 91.3 cm³/mol. The molecule has 6 heteroatoms.